The van der Waals surface area contributed by atoms with Crippen LogP contribution in [0.5, 0.6) is 0 Å². The van der Waals surface area contributed by atoms with E-state index in [-0.39, 0.29) is 11.7 Å². The molecule has 0 bridgehead atoms. The first-order valence-corrected chi connectivity index (χ1v) is 8.88. The van der Waals surface area contributed by atoms with Crippen LogP contribution in [-0.4, -0.2) is 69.8 Å². The van der Waals surface area contributed by atoms with Gasteiger partial charge in [0.25, 0.3) is 0 Å². The summed E-state index contributed by atoms with van der Waals surface area (Å²) in [5.74, 6) is 0.218. The second-order valence-corrected chi connectivity index (χ2v) is 7.02. The average Bonchev–Trinajstić information content (AvgIpc) is 3.10. The lowest BCUT2D eigenvalue weighted by Crippen LogP contribution is -2.69. The van der Waals surface area contributed by atoms with Gasteiger partial charge in [-0.1, -0.05) is 0 Å². The maximum atomic E-state index is 14.5. The molecule has 1 atom stereocenters. The number of rotatable bonds is 3. The van der Waals surface area contributed by atoms with Gasteiger partial charge in [-0.3, -0.25) is 5.10 Å². The van der Waals surface area contributed by atoms with Crippen molar-refractivity contribution >= 4 is 16.9 Å². The molecule has 0 saturated carbocycles. The highest BCUT2D eigenvalue weighted by molar-refractivity contribution is 5.89. The third-order valence-corrected chi connectivity index (χ3v) is 5.24. The zero-order valence-electron chi connectivity index (χ0n) is 14.5. The summed E-state index contributed by atoms with van der Waals surface area (Å²) in [6.07, 6.45) is 1.65. The Labute approximate surface area is 154 Å². The molecule has 9 heteroatoms. The van der Waals surface area contributed by atoms with Crippen LogP contribution in [0.15, 0.2) is 30.5 Å². The quantitative estimate of drug-likeness (QED) is 0.624. The highest BCUT2D eigenvalue weighted by Crippen LogP contribution is 2.29. The zero-order chi connectivity index (χ0) is 18.4. The fraction of sp³-hybridized carbons (Fsp3) is 0.389. The number of hydrogen-bond donors (Lipinski definition) is 3. The van der Waals surface area contributed by atoms with Crippen molar-refractivity contribution in [1.29, 1.82) is 0 Å². The molecule has 0 aliphatic carbocycles. The third kappa shape index (κ3) is 2.75. The Morgan fingerprint density at radius 1 is 1.26 bits per heavy atom. The second kappa shape index (κ2) is 6.22. The molecule has 2 saturated heterocycles. The molecule has 3 N–H and O–H groups in total. The van der Waals surface area contributed by atoms with Gasteiger partial charge >= 0.3 is 0 Å². The number of hydrogen-bond acceptors (Lipinski definition) is 7. The molecular weight excluding hydrogens is 351 g/mol. The molecule has 3 aromatic heterocycles. The first kappa shape index (κ1) is 16.5. The number of aromatic amines is 1. The van der Waals surface area contributed by atoms with Crippen LogP contribution in [0.2, 0.25) is 0 Å². The van der Waals surface area contributed by atoms with Gasteiger partial charge in [0.15, 0.2) is 11.5 Å². The summed E-state index contributed by atoms with van der Waals surface area (Å²) in [5.41, 5.74) is 0.363. The summed E-state index contributed by atoms with van der Waals surface area (Å²) in [4.78, 5) is 10.8. The van der Waals surface area contributed by atoms with Gasteiger partial charge in [-0.2, -0.15) is 5.10 Å². The Morgan fingerprint density at radius 2 is 2.15 bits per heavy atom. The van der Waals surface area contributed by atoms with Crippen molar-refractivity contribution in [3.63, 3.8) is 0 Å². The number of pyridine rings is 2. The van der Waals surface area contributed by atoms with Gasteiger partial charge in [0, 0.05) is 31.2 Å². The lowest BCUT2D eigenvalue weighted by Gasteiger charge is -2.47. The molecule has 2 fully saturated rings. The number of nitrogens with one attached hydrogen (secondary N) is 2. The summed E-state index contributed by atoms with van der Waals surface area (Å²) in [6.45, 7) is 2.64. The fourth-order valence-electron chi connectivity index (χ4n) is 3.64. The number of piperazine rings is 1. The van der Waals surface area contributed by atoms with Gasteiger partial charge in [-0.05, 0) is 24.3 Å². The maximum Gasteiger partial charge on any atom is 0.155 e. The molecule has 5 rings (SSSR count). The first-order chi connectivity index (χ1) is 13.1. The molecule has 0 amide bonds. The standard InChI is InChI=1S/C18H19FN6O2/c19-12-3-4-14(25-7-6-20-13(8-25)18(26)9-27-10-18)22-16(12)15-11-2-1-5-21-17(11)24-23-15/h1-5,13,20,26H,6-10H2,(H,21,23,24). The molecule has 0 radical (unpaired) electrons. The van der Waals surface area contributed by atoms with Crippen molar-refractivity contribution < 1.29 is 14.2 Å². The summed E-state index contributed by atoms with van der Waals surface area (Å²) in [7, 11) is 0. The molecule has 8 nitrogen and oxygen atoms in total. The highest BCUT2D eigenvalue weighted by Gasteiger charge is 2.45. The lowest BCUT2D eigenvalue weighted by atomic mass is 9.90. The van der Waals surface area contributed by atoms with Crippen molar-refractivity contribution in [2.24, 2.45) is 0 Å². The minimum absolute atomic E-state index is 0.120. The number of nitrogens with zero attached hydrogens (tertiary/aromatic N) is 4. The molecule has 140 valence electrons. The minimum Gasteiger partial charge on any atom is -0.383 e. The van der Waals surface area contributed by atoms with E-state index in [2.05, 4.69) is 25.5 Å². The van der Waals surface area contributed by atoms with Crippen molar-refractivity contribution in [3.05, 3.63) is 36.3 Å². The normalized spacial score (nSPS) is 22.0. The van der Waals surface area contributed by atoms with Gasteiger partial charge in [0.1, 0.15) is 22.8 Å². The van der Waals surface area contributed by atoms with Gasteiger partial charge in [0.2, 0.25) is 0 Å². The number of ether oxygens (including phenoxy) is 1. The third-order valence-electron chi connectivity index (χ3n) is 5.24. The smallest absolute Gasteiger partial charge is 0.155 e. The van der Waals surface area contributed by atoms with Crippen LogP contribution in [-0.2, 0) is 4.74 Å². The summed E-state index contributed by atoms with van der Waals surface area (Å²) < 4.78 is 19.7. The second-order valence-electron chi connectivity index (χ2n) is 7.02. The van der Waals surface area contributed by atoms with Crippen LogP contribution < -0.4 is 10.2 Å². The Hall–Kier alpha value is -2.62. The van der Waals surface area contributed by atoms with Crippen LogP contribution >= 0.6 is 0 Å². The summed E-state index contributed by atoms with van der Waals surface area (Å²) >= 11 is 0. The van der Waals surface area contributed by atoms with E-state index in [1.165, 1.54) is 6.07 Å². The largest absolute Gasteiger partial charge is 0.383 e. The fourth-order valence-corrected chi connectivity index (χ4v) is 3.64. The van der Waals surface area contributed by atoms with E-state index in [1.54, 1.807) is 18.3 Å². The Morgan fingerprint density at radius 3 is 2.96 bits per heavy atom. The molecule has 3 aromatic rings. The number of fused-ring (bicyclic) bond motifs is 1. The van der Waals surface area contributed by atoms with Crippen LogP contribution in [0, 0.1) is 5.82 Å². The molecular formula is C18H19FN6O2. The molecule has 27 heavy (non-hydrogen) atoms. The predicted molar refractivity (Wildman–Crippen MR) is 96.9 cm³/mol. The van der Waals surface area contributed by atoms with Crippen molar-refractivity contribution in [3.8, 4) is 11.4 Å². The van der Waals surface area contributed by atoms with Gasteiger partial charge in [0.05, 0.1) is 19.3 Å². The molecule has 1 unspecified atom stereocenters. The van der Waals surface area contributed by atoms with Crippen LogP contribution in [0.4, 0.5) is 10.2 Å². The van der Waals surface area contributed by atoms with E-state index in [1.807, 2.05) is 11.0 Å². The Kier molecular flexibility index (Phi) is 3.81. The van der Waals surface area contributed by atoms with Crippen molar-refractivity contribution in [2.75, 3.05) is 37.7 Å². The number of halogens is 1. The van der Waals surface area contributed by atoms with Gasteiger partial charge < -0.3 is 20.1 Å². The van der Waals surface area contributed by atoms with Crippen LogP contribution in [0.25, 0.3) is 22.4 Å². The summed E-state index contributed by atoms with van der Waals surface area (Å²) in [6, 6.07) is 6.57. The molecule has 2 aliphatic rings. The Balaban J connectivity index is 1.48. The van der Waals surface area contributed by atoms with Gasteiger partial charge in [-0.25, -0.2) is 14.4 Å². The molecule has 0 aromatic carbocycles. The van der Waals surface area contributed by atoms with E-state index in [0.717, 1.165) is 5.39 Å². The maximum absolute atomic E-state index is 14.5. The number of H-pyrrole nitrogens is 1. The van der Waals surface area contributed by atoms with E-state index < -0.39 is 11.4 Å². The monoisotopic (exact) mass is 370 g/mol. The van der Waals surface area contributed by atoms with E-state index in [4.69, 9.17) is 4.74 Å². The molecule has 5 heterocycles. The topological polar surface area (TPSA) is 99.2 Å². The lowest BCUT2D eigenvalue weighted by molar-refractivity contribution is -0.194. The van der Waals surface area contributed by atoms with Crippen molar-refractivity contribution in [2.45, 2.75) is 11.6 Å². The Bertz CT molecular complexity index is 989. The minimum atomic E-state index is -0.856. The van der Waals surface area contributed by atoms with E-state index >= 15 is 0 Å². The van der Waals surface area contributed by atoms with Gasteiger partial charge in [-0.15, -0.1) is 0 Å². The summed E-state index contributed by atoms with van der Waals surface area (Å²) in [5, 5.41) is 21.6. The SMILES string of the molecule is OC1(C2CN(c3ccc(F)c(-c4n[nH]c5ncccc45)n3)CCN2)COC1. The van der Waals surface area contributed by atoms with Crippen molar-refractivity contribution in [1.82, 2.24) is 25.5 Å². The number of aromatic nitrogens is 4. The number of aliphatic hydroxyl groups is 1. The first-order valence-electron chi connectivity index (χ1n) is 8.88. The zero-order valence-corrected chi connectivity index (χ0v) is 14.5. The average molecular weight is 370 g/mol. The molecule has 0 spiro atoms. The predicted octanol–water partition coefficient (Wildman–Crippen LogP) is 0.698. The van der Waals surface area contributed by atoms with Crippen LogP contribution in [0.3, 0.4) is 0 Å². The van der Waals surface area contributed by atoms with E-state index in [0.29, 0.717) is 50.0 Å². The molecule has 2 aliphatic heterocycles. The highest BCUT2D eigenvalue weighted by atomic mass is 19.1. The van der Waals surface area contributed by atoms with Crippen LogP contribution in [0.1, 0.15) is 0 Å². The number of anilines is 1. The van der Waals surface area contributed by atoms with E-state index in [9.17, 15) is 9.50 Å².